The Morgan fingerprint density at radius 2 is 2.30 bits per heavy atom. The first-order valence-corrected chi connectivity index (χ1v) is 7.38. The second kappa shape index (κ2) is 5.70. The number of halogens is 2. The molecule has 2 fully saturated rings. The number of benzene rings is 1. The highest BCUT2D eigenvalue weighted by atomic mass is 35.5. The molecule has 2 aliphatic rings. The van der Waals surface area contributed by atoms with Gasteiger partial charge in [0.2, 0.25) is 0 Å². The van der Waals surface area contributed by atoms with Gasteiger partial charge >= 0.3 is 5.97 Å². The van der Waals surface area contributed by atoms with Crippen LogP contribution in [-0.2, 0) is 16.1 Å². The van der Waals surface area contributed by atoms with Crippen LogP contribution in [0.3, 0.4) is 0 Å². The summed E-state index contributed by atoms with van der Waals surface area (Å²) in [5.41, 5.74) is 0.309. The van der Waals surface area contributed by atoms with Crippen molar-refractivity contribution in [2.75, 3.05) is 0 Å². The maximum atomic E-state index is 13.7. The molecule has 1 heterocycles. The van der Waals surface area contributed by atoms with Crippen LogP contribution in [0, 0.1) is 11.7 Å². The van der Waals surface area contributed by atoms with Crippen molar-refractivity contribution in [1.82, 2.24) is 5.32 Å². The third kappa shape index (κ3) is 2.67. The maximum absolute atomic E-state index is 13.7. The minimum atomic E-state index is -0.516. The molecule has 1 N–H and O–H groups in total. The predicted octanol–water partition coefficient (Wildman–Crippen LogP) is 3.05. The Morgan fingerprint density at radius 3 is 3.10 bits per heavy atom. The Kier molecular flexibility index (Phi) is 3.94. The fourth-order valence-electron chi connectivity index (χ4n) is 3.24. The molecule has 3 nitrogen and oxygen atoms in total. The van der Waals surface area contributed by atoms with E-state index in [1.165, 1.54) is 18.9 Å². The van der Waals surface area contributed by atoms with Crippen LogP contribution in [-0.4, -0.2) is 18.1 Å². The number of nitrogens with one attached hydrogen (secondary N) is 1. The predicted molar refractivity (Wildman–Crippen MR) is 73.9 cm³/mol. The van der Waals surface area contributed by atoms with Gasteiger partial charge in [-0.2, -0.15) is 0 Å². The summed E-state index contributed by atoms with van der Waals surface area (Å²) in [7, 11) is 0. The lowest BCUT2D eigenvalue weighted by Crippen LogP contribution is -2.36. The third-order valence-electron chi connectivity index (χ3n) is 4.30. The second-order valence-corrected chi connectivity index (χ2v) is 5.98. The zero-order valence-electron chi connectivity index (χ0n) is 11.1. The third-order valence-corrected chi connectivity index (χ3v) is 4.59. The molecule has 1 saturated carbocycles. The smallest absolute Gasteiger partial charge is 0.323 e. The number of hydrogen-bond acceptors (Lipinski definition) is 3. The van der Waals surface area contributed by atoms with Gasteiger partial charge in [-0.25, -0.2) is 4.39 Å². The molecule has 0 aromatic heterocycles. The fourth-order valence-corrected chi connectivity index (χ4v) is 3.44. The number of carbonyl (C=O) groups is 1. The Labute approximate surface area is 122 Å². The van der Waals surface area contributed by atoms with Crippen molar-refractivity contribution in [3.8, 4) is 0 Å². The van der Waals surface area contributed by atoms with Crippen molar-refractivity contribution < 1.29 is 13.9 Å². The van der Waals surface area contributed by atoms with Gasteiger partial charge < -0.3 is 10.1 Å². The van der Waals surface area contributed by atoms with Gasteiger partial charge in [0.25, 0.3) is 0 Å². The Bertz CT molecular complexity index is 511. The molecule has 0 bridgehead atoms. The first-order chi connectivity index (χ1) is 9.65. The van der Waals surface area contributed by atoms with Crippen LogP contribution in [0.1, 0.15) is 31.2 Å². The summed E-state index contributed by atoms with van der Waals surface area (Å²) < 4.78 is 18.9. The zero-order valence-corrected chi connectivity index (χ0v) is 11.8. The van der Waals surface area contributed by atoms with E-state index in [0.29, 0.717) is 17.5 Å². The molecular formula is C15H17ClFNO2. The highest BCUT2D eigenvalue weighted by Gasteiger charge is 2.40. The van der Waals surface area contributed by atoms with E-state index in [1.807, 2.05) is 0 Å². The first kappa shape index (κ1) is 13.8. The van der Waals surface area contributed by atoms with Gasteiger partial charge in [0.1, 0.15) is 18.5 Å². The van der Waals surface area contributed by atoms with E-state index < -0.39 is 5.82 Å². The van der Waals surface area contributed by atoms with Gasteiger partial charge in [0.15, 0.2) is 0 Å². The van der Waals surface area contributed by atoms with E-state index >= 15 is 0 Å². The molecule has 0 spiro atoms. The highest BCUT2D eigenvalue weighted by molar-refractivity contribution is 6.30. The van der Waals surface area contributed by atoms with Crippen LogP contribution in [0.5, 0.6) is 0 Å². The van der Waals surface area contributed by atoms with E-state index in [-0.39, 0.29) is 23.6 Å². The van der Waals surface area contributed by atoms with Crippen molar-refractivity contribution in [2.24, 2.45) is 5.92 Å². The van der Waals surface area contributed by atoms with Crippen LogP contribution in [0.15, 0.2) is 18.2 Å². The standard InChI is InChI=1S/C15H17ClFNO2/c16-11-5-1-4-10(14(11)17)8-20-15(19)13-7-9-3-2-6-12(9)18-13/h1,4-5,9,12-13,18H,2-3,6-8H2/t9-,12-,13+/m1/s1. The van der Waals surface area contributed by atoms with Crippen molar-refractivity contribution in [2.45, 2.75) is 44.4 Å². The summed E-state index contributed by atoms with van der Waals surface area (Å²) in [6, 6.07) is 4.91. The summed E-state index contributed by atoms with van der Waals surface area (Å²) in [4.78, 5) is 12.0. The van der Waals surface area contributed by atoms with Crippen molar-refractivity contribution in [3.05, 3.63) is 34.6 Å². The molecule has 1 aliphatic carbocycles. The molecular weight excluding hydrogens is 281 g/mol. The topological polar surface area (TPSA) is 38.3 Å². The van der Waals surface area contributed by atoms with Gasteiger partial charge in [-0.1, -0.05) is 30.2 Å². The first-order valence-electron chi connectivity index (χ1n) is 7.00. The van der Waals surface area contributed by atoms with Crippen LogP contribution in [0.25, 0.3) is 0 Å². The van der Waals surface area contributed by atoms with E-state index in [1.54, 1.807) is 12.1 Å². The fraction of sp³-hybridized carbons (Fsp3) is 0.533. The average molecular weight is 298 g/mol. The minimum absolute atomic E-state index is 0.0482. The Morgan fingerprint density at radius 1 is 1.45 bits per heavy atom. The number of fused-ring (bicyclic) bond motifs is 1. The van der Waals surface area contributed by atoms with Crippen molar-refractivity contribution in [3.63, 3.8) is 0 Å². The van der Waals surface area contributed by atoms with Gasteiger partial charge in [0, 0.05) is 11.6 Å². The maximum Gasteiger partial charge on any atom is 0.323 e. The normalized spacial score (nSPS) is 28.4. The average Bonchev–Trinajstić information content (AvgIpc) is 3.01. The van der Waals surface area contributed by atoms with Crippen LogP contribution in [0.2, 0.25) is 5.02 Å². The summed E-state index contributed by atoms with van der Waals surface area (Å²) in [5, 5.41) is 3.37. The number of rotatable bonds is 3. The van der Waals surface area contributed by atoms with Gasteiger partial charge in [0.05, 0.1) is 5.02 Å². The molecule has 1 aliphatic heterocycles. The summed E-state index contributed by atoms with van der Waals surface area (Å²) in [5.74, 6) is -0.215. The molecule has 1 aromatic rings. The van der Waals surface area contributed by atoms with Crippen LogP contribution in [0.4, 0.5) is 4.39 Å². The lowest BCUT2D eigenvalue weighted by atomic mass is 10.0. The molecule has 20 heavy (non-hydrogen) atoms. The number of esters is 1. The quantitative estimate of drug-likeness (QED) is 0.872. The number of ether oxygens (including phenoxy) is 1. The largest absolute Gasteiger partial charge is 0.460 e. The monoisotopic (exact) mass is 297 g/mol. The highest BCUT2D eigenvalue weighted by Crippen LogP contribution is 2.35. The van der Waals surface area contributed by atoms with E-state index in [4.69, 9.17) is 16.3 Å². The molecule has 1 aromatic carbocycles. The van der Waals surface area contributed by atoms with Gasteiger partial charge in [-0.3, -0.25) is 4.79 Å². The summed E-state index contributed by atoms with van der Waals surface area (Å²) in [6.07, 6.45) is 4.39. The van der Waals surface area contributed by atoms with E-state index in [2.05, 4.69) is 5.32 Å². The van der Waals surface area contributed by atoms with Crippen molar-refractivity contribution >= 4 is 17.6 Å². The summed E-state index contributed by atoms with van der Waals surface area (Å²) in [6.45, 7) is -0.0707. The lowest BCUT2D eigenvalue weighted by molar-refractivity contribution is -0.147. The van der Waals surface area contributed by atoms with Gasteiger partial charge in [-0.15, -0.1) is 0 Å². The SMILES string of the molecule is O=C(OCc1cccc(Cl)c1F)[C@@H]1C[C@H]2CCC[C@H]2N1. The number of carbonyl (C=O) groups excluding carboxylic acids is 1. The van der Waals surface area contributed by atoms with Crippen molar-refractivity contribution in [1.29, 1.82) is 0 Å². The Hall–Kier alpha value is -1.13. The lowest BCUT2D eigenvalue weighted by Gasteiger charge is -2.13. The van der Waals surface area contributed by atoms with E-state index in [0.717, 1.165) is 12.8 Å². The molecule has 0 amide bonds. The van der Waals surface area contributed by atoms with Crippen LogP contribution >= 0.6 is 11.6 Å². The van der Waals surface area contributed by atoms with Gasteiger partial charge in [-0.05, 0) is 31.2 Å². The molecule has 3 rings (SSSR count). The molecule has 5 heteroatoms. The number of hydrogen-bond donors (Lipinski definition) is 1. The van der Waals surface area contributed by atoms with Crippen LogP contribution < -0.4 is 5.32 Å². The van der Waals surface area contributed by atoms with E-state index in [9.17, 15) is 9.18 Å². The minimum Gasteiger partial charge on any atom is -0.460 e. The molecule has 0 unspecified atom stereocenters. The molecule has 3 atom stereocenters. The Balaban J connectivity index is 1.56. The zero-order chi connectivity index (χ0) is 14.1. The molecule has 1 saturated heterocycles. The molecule has 108 valence electrons. The summed E-state index contributed by atoms with van der Waals surface area (Å²) >= 11 is 5.69. The molecule has 0 radical (unpaired) electrons. The second-order valence-electron chi connectivity index (χ2n) is 5.57.